The first-order valence-corrected chi connectivity index (χ1v) is 5.76. The van der Waals surface area contributed by atoms with E-state index < -0.39 is 11.0 Å². The molecule has 0 heterocycles. The van der Waals surface area contributed by atoms with Crippen LogP contribution in [0.3, 0.4) is 0 Å². The summed E-state index contributed by atoms with van der Waals surface area (Å²) in [7, 11) is 0. The van der Waals surface area contributed by atoms with Crippen LogP contribution >= 0.6 is 0 Å². The lowest BCUT2D eigenvalue weighted by Gasteiger charge is -2.44. The van der Waals surface area contributed by atoms with Crippen molar-refractivity contribution in [2.75, 3.05) is 0 Å². The van der Waals surface area contributed by atoms with Crippen molar-refractivity contribution >= 4 is 6.29 Å². The second kappa shape index (κ2) is 3.93. The van der Waals surface area contributed by atoms with Crippen molar-refractivity contribution in [3.8, 4) is 0 Å². The molecule has 0 aliphatic heterocycles. The Balaban J connectivity index is 2.28. The monoisotopic (exact) mass is 206 g/mol. The minimum Gasteiger partial charge on any atom is -0.389 e. The van der Waals surface area contributed by atoms with Gasteiger partial charge in [-0.25, -0.2) is 0 Å². The smallest absolute Gasteiger partial charge is 0.133 e. The molecule has 1 atom stereocenters. The summed E-state index contributed by atoms with van der Waals surface area (Å²) in [5.74, 6) is 0. The standard InChI is InChI=1S/C13H18O2/c14-11-12(7-3-1-4-8-12)13(15)9-5-2-6-10-13/h1,3-4,7,11,15H,2,5-6,8-10H2. The Morgan fingerprint density at radius 1 is 1.13 bits per heavy atom. The van der Waals surface area contributed by atoms with Crippen LogP contribution in [0.4, 0.5) is 0 Å². The maximum Gasteiger partial charge on any atom is 0.133 e. The van der Waals surface area contributed by atoms with Gasteiger partial charge in [-0.2, -0.15) is 0 Å². The molecule has 0 aromatic carbocycles. The molecule has 0 spiro atoms. The van der Waals surface area contributed by atoms with Crippen LogP contribution < -0.4 is 0 Å². The fraction of sp³-hybridized carbons (Fsp3) is 0.615. The van der Waals surface area contributed by atoms with E-state index in [1.165, 1.54) is 6.42 Å². The highest BCUT2D eigenvalue weighted by atomic mass is 16.3. The molecule has 0 radical (unpaired) electrons. The summed E-state index contributed by atoms with van der Waals surface area (Å²) >= 11 is 0. The molecule has 2 rings (SSSR count). The summed E-state index contributed by atoms with van der Waals surface area (Å²) in [6.45, 7) is 0. The topological polar surface area (TPSA) is 37.3 Å². The minimum absolute atomic E-state index is 0.642. The maximum atomic E-state index is 11.3. The van der Waals surface area contributed by atoms with Crippen molar-refractivity contribution in [1.82, 2.24) is 0 Å². The van der Waals surface area contributed by atoms with E-state index in [0.717, 1.165) is 32.0 Å². The predicted molar refractivity (Wildman–Crippen MR) is 59.4 cm³/mol. The Morgan fingerprint density at radius 3 is 2.40 bits per heavy atom. The van der Waals surface area contributed by atoms with E-state index in [0.29, 0.717) is 6.42 Å². The van der Waals surface area contributed by atoms with Gasteiger partial charge in [0.05, 0.1) is 11.0 Å². The molecule has 1 fully saturated rings. The molecule has 1 unspecified atom stereocenters. The van der Waals surface area contributed by atoms with Gasteiger partial charge in [0.2, 0.25) is 0 Å². The minimum atomic E-state index is -0.811. The number of carbonyl (C=O) groups is 1. The van der Waals surface area contributed by atoms with Crippen LogP contribution in [0.15, 0.2) is 24.3 Å². The number of carbonyl (C=O) groups excluding carboxylic acids is 1. The van der Waals surface area contributed by atoms with Crippen molar-refractivity contribution in [2.24, 2.45) is 5.41 Å². The number of rotatable bonds is 2. The molecule has 1 N–H and O–H groups in total. The molecule has 82 valence electrons. The fourth-order valence-electron chi connectivity index (χ4n) is 2.78. The Labute approximate surface area is 90.7 Å². The van der Waals surface area contributed by atoms with Gasteiger partial charge < -0.3 is 9.90 Å². The molecule has 2 nitrogen and oxygen atoms in total. The summed E-state index contributed by atoms with van der Waals surface area (Å²) in [6, 6.07) is 0. The van der Waals surface area contributed by atoms with Crippen LogP contribution in [-0.4, -0.2) is 17.0 Å². The molecule has 0 aromatic heterocycles. The number of allylic oxidation sites excluding steroid dienone is 3. The molecule has 2 aliphatic rings. The second-order valence-electron chi connectivity index (χ2n) is 4.74. The molecule has 1 saturated carbocycles. The average Bonchev–Trinajstić information content (AvgIpc) is 2.31. The number of hydrogen-bond acceptors (Lipinski definition) is 2. The zero-order valence-electron chi connectivity index (χ0n) is 8.98. The van der Waals surface area contributed by atoms with E-state index >= 15 is 0 Å². The maximum absolute atomic E-state index is 11.3. The van der Waals surface area contributed by atoms with Crippen molar-refractivity contribution in [2.45, 2.75) is 44.1 Å². The van der Waals surface area contributed by atoms with Gasteiger partial charge in [-0.1, -0.05) is 43.6 Å². The van der Waals surface area contributed by atoms with Gasteiger partial charge in [0.15, 0.2) is 0 Å². The predicted octanol–water partition coefficient (Wildman–Crippen LogP) is 2.38. The van der Waals surface area contributed by atoms with E-state index in [9.17, 15) is 9.90 Å². The fourth-order valence-corrected chi connectivity index (χ4v) is 2.78. The van der Waals surface area contributed by atoms with E-state index in [2.05, 4.69) is 0 Å². The van der Waals surface area contributed by atoms with Crippen LogP contribution in [0.5, 0.6) is 0 Å². The number of hydrogen-bond donors (Lipinski definition) is 1. The normalized spacial score (nSPS) is 33.9. The molecular weight excluding hydrogens is 188 g/mol. The Kier molecular flexibility index (Phi) is 2.79. The van der Waals surface area contributed by atoms with Crippen molar-refractivity contribution in [3.63, 3.8) is 0 Å². The zero-order valence-corrected chi connectivity index (χ0v) is 8.98. The third-order valence-corrected chi connectivity index (χ3v) is 3.85. The van der Waals surface area contributed by atoms with Crippen LogP contribution in [0, 0.1) is 5.41 Å². The quantitative estimate of drug-likeness (QED) is 0.704. The van der Waals surface area contributed by atoms with Gasteiger partial charge in [-0.05, 0) is 19.3 Å². The molecule has 0 amide bonds. The third-order valence-electron chi connectivity index (χ3n) is 3.85. The molecule has 15 heavy (non-hydrogen) atoms. The first-order valence-electron chi connectivity index (χ1n) is 5.76. The molecule has 0 bridgehead atoms. The van der Waals surface area contributed by atoms with Gasteiger partial charge >= 0.3 is 0 Å². The number of aliphatic hydroxyl groups is 1. The van der Waals surface area contributed by atoms with Crippen molar-refractivity contribution in [1.29, 1.82) is 0 Å². The lowest BCUT2D eigenvalue weighted by molar-refractivity contribution is -0.133. The van der Waals surface area contributed by atoms with Crippen molar-refractivity contribution < 1.29 is 9.90 Å². The molecule has 0 aromatic rings. The largest absolute Gasteiger partial charge is 0.389 e. The first kappa shape index (κ1) is 10.6. The molecule has 2 heteroatoms. The van der Waals surface area contributed by atoms with E-state index in [4.69, 9.17) is 0 Å². The lowest BCUT2D eigenvalue weighted by Crippen LogP contribution is -2.49. The van der Waals surface area contributed by atoms with Gasteiger partial charge in [0, 0.05) is 0 Å². The SMILES string of the molecule is O=CC1(C2(O)CCCCC2)C=CC=CC1. The van der Waals surface area contributed by atoms with Crippen LogP contribution in [0.1, 0.15) is 38.5 Å². The van der Waals surface area contributed by atoms with Crippen LogP contribution in [-0.2, 0) is 4.79 Å². The van der Waals surface area contributed by atoms with Gasteiger partial charge in [-0.3, -0.25) is 0 Å². The van der Waals surface area contributed by atoms with Crippen LogP contribution in [0.2, 0.25) is 0 Å². The Bertz CT molecular complexity index is 298. The highest BCUT2D eigenvalue weighted by molar-refractivity contribution is 5.66. The van der Waals surface area contributed by atoms with E-state index in [1.807, 2.05) is 24.3 Å². The lowest BCUT2D eigenvalue weighted by atomic mass is 9.63. The van der Waals surface area contributed by atoms with Crippen LogP contribution in [0.25, 0.3) is 0 Å². The van der Waals surface area contributed by atoms with E-state index in [1.54, 1.807) is 0 Å². The number of aldehydes is 1. The zero-order chi connectivity index (χ0) is 10.8. The Hall–Kier alpha value is -0.890. The highest BCUT2D eigenvalue weighted by Gasteiger charge is 2.48. The summed E-state index contributed by atoms with van der Waals surface area (Å²) < 4.78 is 0. The molecular formula is C13H18O2. The summed E-state index contributed by atoms with van der Waals surface area (Å²) in [5.41, 5.74) is -1.48. The summed E-state index contributed by atoms with van der Waals surface area (Å²) in [6.07, 6.45) is 14.0. The Morgan fingerprint density at radius 2 is 1.87 bits per heavy atom. The van der Waals surface area contributed by atoms with Crippen molar-refractivity contribution in [3.05, 3.63) is 24.3 Å². The highest BCUT2D eigenvalue weighted by Crippen LogP contribution is 2.45. The summed E-state index contributed by atoms with van der Waals surface area (Å²) in [4.78, 5) is 11.3. The van der Waals surface area contributed by atoms with Gasteiger partial charge in [-0.15, -0.1) is 0 Å². The summed E-state index contributed by atoms with van der Waals surface area (Å²) in [5, 5.41) is 10.6. The first-order chi connectivity index (χ1) is 7.22. The molecule has 2 aliphatic carbocycles. The third kappa shape index (κ3) is 1.67. The average molecular weight is 206 g/mol. The van der Waals surface area contributed by atoms with Gasteiger partial charge in [0.25, 0.3) is 0 Å². The second-order valence-corrected chi connectivity index (χ2v) is 4.74. The van der Waals surface area contributed by atoms with Gasteiger partial charge in [0.1, 0.15) is 6.29 Å². The molecule has 0 saturated heterocycles. The van der Waals surface area contributed by atoms with E-state index in [-0.39, 0.29) is 0 Å².